The first-order valence-corrected chi connectivity index (χ1v) is 6.26. The maximum atomic E-state index is 11.5. The summed E-state index contributed by atoms with van der Waals surface area (Å²) in [6.45, 7) is 3.20. The topological polar surface area (TPSA) is 41.1 Å². The van der Waals surface area contributed by atoms with Crippen molar-refractivity contribution >= 4 is 39.1 Å². The van der Waals surface area contributed by atoms with Crippen molar-refractivity contribution in [3.8, 4) is 0 Å². The van der Waals surface area contributed by atoms with Gasteiger partial charge in [-0.3, -0.25) is 4.79 Å². The summed E-state index contributed by atoms with van der Waals surface area (Å²) < 4.78 is 0.709. The third-order valence-corrected chi connectivity index (χ3v) is 3.34. The fraction of sp³-hybridized carbons (Fsp3) is 0.364. The van der Waals surface area contributed by atoms with Crippen LogP contribution in [-0.2, 0) is 4.79 Å². The van der Waals surface area contributed by atoms with Gasteiger partial charge in [-0.15, -0.1) is 0 Å². The number of hydrogen-bond acceptors (Lipinski definition) is 2. The molecule has 0 aliphatic carbocycles. The lowest BCUT2D eigenvalue weighted by molar-refractivity contribution is -0.115. The summed E-state index contributed by atoms with van der Waals surface area (Å²) >= 11 is 9.23. The van der Waals surface area contributed by atoms with Crippen LogP contribution in [0.4, 0.5) is 5.69 Å². The van der Waals surface area contributed by atoms with E-state index in [0.717, 1.165) is 13.0 Å². The third-order valence-electron chi connectivity index (χ3n) is 1.94. The number of hydrogen-bond donors (Lipinski definition) is 2. The van der Waals surface area contributed by atoms with Gasteiger partial charge in [-0.2, -0.15) is 0 Å². The lowest BCUT2D eigenvalue weighted by atomic mass is 10.3. The average molecular weight is 306 g/mol. The van der Waals surface area contributed by atoms with Crippen LogP contribution in [0.1, 0.15) is 13.3 Å². The quantitative estimate of drug-likeness (QED) is 0.821. The highest BCUT2D eigenvalue weighted by Crippen LogP contribution is 2.29. The molecule has 1 aromatic carbocycles. The standard InChI is InChI=1S/C11H14BrClN2O/c1-2-6-14-7-10(16)15-9-5-3-4-8(13)11(9)12/h3-5,14H,2,6-7H2,1H3,(H,15,16). The molecule has 0 heterocycles. The summed E-state index contributed by atoms with van der Waals surface area (Å²) in [6.07, 6.45) is 1.01. The number of carbonyl (C=O) groups is 1. The number of anilines is 1. The molecule has 0 aliphatic rings. The normalized spacial score (nSPS) is 10.2. The van der Waals surface area contributed by atoms with E-state index in [4.69, 9.17) is 11.6 Å². The summed E-state index contributed by atoms with van der Waals surface area (Å²) in [7, 11) is 0. The Morgan fingerprint density at radius 1 is 1.50 bits per heavy atom. The van der Waals surface area contributed by atoms with Crippen LogP contribution in [0.5, 0.6) is 0 Å². The monoisotopic (exact) mass is 304 g/mol. The van der Waals surface area contributed by atoms with Crippen LogP contribution in [0.15, 0.2) is 22.7 Å². The van der Waals surface area contributed by atoms with E-state index in [0.29, 0.717) is 21.7 Å². The van der Waals surface area contributed by atoms with Crippen molar-refractivity contribution in [2.75, 3.05) is 18.4 Å². The molecule has 5 heteroatoms. The first-order chi connectivity index (χ1) is 7.65. The number of rotatable bonds is 5. The second-order valence-corrected chi connectivity index (χ2v) is 4.53. The van der Waals surface area contributed by atoms with Crippen molar-refractivity contribution in [3.05, 3.63) is 27.7 Å². The number of halogens is 2. The molecule has 1 amide bonds. The molecule has 0 unspecified atom stereocenters. The molecule has 0 aliphatic heterocycles. The molecule has 0 atom stereocenters. The zero-order valence-corrected chi connectivity index (χ0v) is 11.4. The summed E-state index contributed by atoms with van der Waals surface area (Å²) in [5.74, 6) is -0.0728. The predicted octanol–water partition coefficient (Wildman–Crippen LogP) is 3.04. The van der Waals surface area contributed by atoms with Crippen LogP contribution in [0.2, 0.25) is 5.02 Å². The molecule has 0 spiro atoms. The van der Waals surface area contributed by atoms with E-state index in [9.17, 15) is 4.79 Å². The van der Waals surface area contributed by atoms with Gasteiger partial charge in [-0.25, -0.2) is 0 Å². The van der Waals surface area contributed by atoms with Gasteiger partial charge in [0.05, 0.1) is 21.7 Å². The van der Waals surface area contributed by atoms with Crippen molar-refractivity contribution < 1.29 is 4.79 Å². The van der Waals surface area contributed by atoms with Gasteiger partial charge in [0.2, 0.25) is 5.91 Å². The van der Waals surface area contributed by atoms with Crippen LogP contribution in [0, 0.1) is 0 Å². The molecule has 88 valence electrons. The minimum atomic E-state index is -0.0728. The average Bonchev–Trinajstić information content (AvgIpc) is 2.25. The first-order valence-electron chi connectivity index (χ1n) is 5.09. The second kappa shape index (κ2) is 6.89. The maximum Gasteiger partial charge on any atom is 0.238 e. The van der Waals surface area contributed by atoms with Gasteiger partial charge in [0.1, 0.15) is 0 Å². The van der Waals surface area contributed by atoms with Gasteiger partial charge in [0.25, 0.3) is 0 Å². The van der Waals surface area contributed by atoms with Crippen molar-refractivity contribution in [1.29, 1.82) is 0 Å². The highest BCUT2D eigenvalue weighted by molar-refractivity contribution is 9.10. The third kappa shape index (κ3) is 4.12. The van der Waals surface area contributed by atoms with Crippen LogP contribution in [0.25, 0.3) is 0 Å². The highest BCUT2D eigenvalue weighted by Gasteiger charge is 2.06. The molecular formula is C11H14BrClN2O. The molecule has 0 saturated heterocycles. The molecule has 1 rings (SSSR count). The molecule has 2 N–H and O–H groups in total. The van der Waals surface area contributed by atoms with Gasteiger partial charge in [0, 0.05) is 0 Å². The molecule has 0 fully saturated rings. The Bertz CT molecular complexity index is 371. The lowest BCUT2D eigenvalue weighted by Gasteiger charge is -2.08. The Morgan fingerprint density at radius 2 is 2.25 bits per heavy atom. The number of amides is 1. The minimum Gasteiger partial charge on any atom is -0.324 e. The summed E-state index contributed by atoms with van der Waals surface area (Å²) in [5, 5.41) is 6.39. The largest absolute Gasteiger partial charge is 0.324 e. The van der Waals surface area contributed by atoms with Gasteiger partial charge in [-0.1, -0.05) is 24.6 Å². The Balaban J connectivity index is 2.53. The van der Waals surface area contributed by atoms with Gasteiger partial charge in [0.15, 0.2) is 0 Å². The number of carbonyl (C=O) groups excluding carboxylic acids is 1. The first kappa shape index (κ1) is 13.5. The number of nitrogens with one attached hydrogen (secondary N) is 2. The maximum absolute atomic E-state index is 11.5. The van der Waals surface area contributed by atoms with Crippen LogP contribution < -0.4 is 10.6 Å². The molecular weight excluding hydrogens is 291 g/mol. The molecule has 0 aromatic heterocycles. The second-order valence-electron chi connectivity index (χ2n) is 3.33. The highest BCUT2D eigenvalue weighted by atomic mass is 79.9. The SMILES string of the molecule is CCCNCC(=O)Nc1cccc(Cl)c1Br. The lowest BCUT2D eigenvalue weighted by Crippen LogP contribution is -2.28. The summed E-state index contributed by atoms with van der Waals surface area (Å²) in [4.78, 5) is 11.5. The Hall–Kier alpha value is -0.580. The molecule has 3 nitrogen and oxygen atoms in total. The van der Waals surface area contributed by atoms with E-state index in [1.165, 1.54) is 0 Å². The van der Waals surface area contributed by atoms with Crippen LogP contribution in [-0.4, -0.2) is 19.0 Å². The van der Waals surface area contributed by atoms with E-state index < -0.39 is 0 Å². The van der Waals surface area contributed by atoms with Gasteiger partial charge >= 0.3 is 0 Å². The van der Waals surface area contributed by atoms with E-state index in [1.54, 1.807) is 18.2 Å². The number of benzene rings is 1. The zero-order valence-electron chi connectivity index (χ0n) is 9.02. The molecule has 1 aromatic rings. The van der Waals surface area contributed by atoms with Crippen LogP contribution in [0.3, 0.4) is 0 Å². The summed E-state index contributed by atoms with van der Waals surface area (Å²) in [6, 6.07) is 5.35. The Morgan fingerprint density at radius 3 is 2.94 bits per heavy atom. The predicted molar refractivity (Wildman–Crippen MR) is 70.9 cm³/mol. The molecule has 0 radical (unpaired) electrons. The van der Waals surface area contributed by atoms with Crippen molar-refractivity contribution in [3.63, 3.8) is 0 Å². The van der Waals surface area contributed by atoms with Crippen molar-refractivity contribution in [2.24, 2.45) is 0 Å². The minimum absolute atomic E-state index is 0.0728. The molecule has 16 heavy (non-hydrogen) atoms. The summed E-state index contributed by atoms with van der Waals surface area (Å²) in [5.41, 5.74) is 0.691. The van der Waals surface area contributed by atoms with Gasteiger partial charge in [-0.05, 0) is 41.0 Å². The fourth-order valence-electron chi connectivity index (χ4n) is 1.17. The van der Waals surface area contributed by atoms with E-state index in [-0.39, 0.29) is 5.91 Å². The van der Waals surface area contributed by atoms with E-state index >= 15 is 0 Å². The fourth-order valence-corrected chi connectivity index (χ4v) is 1.71. The van der Waals surface area contributed by atoms with Crippen molar-refractivity contribution in [1.82, 2.24) is 5.32 Å². The van der Waals surface area contributed by atoms with Gasteiger partial charge < -0.3 is 10.6 Å². The van der Waals surface area contributed by atoms with E-state index in [2.05, 4.69) is 33.5 Å². The van der Waals surface area contributed by atoms with Crippen LogP contribution >= 0.6 is 27.5 Å². The van der Waals surface area contributed by atoms with Crippen molar-refractivity contribution in [2.45, 2.75) is 13.3 Å². The smallest absolute Gasteiger partial charge is 0.238 e. The molecule has 0 bridgehead atoms. The Kier molecular flexibility index (Phi) is 5.80. The molecule has 0 saturated carbocycles. The zero-order chi connectivity index (χ0) is 12.0. The van der Waals surface area contributed by atoms with E-state index in [1.807, 2.05) is 0 Å². The Labute approximate surface area is 109 Å².